The average Bonchev–Trinajstić information content (AvgIpc) is 2.37. The van der Waals surface area contributed by atoms with Gasteiger partial charge in [0, 0.05) is 5.56 Å². The Morgan fingerprint density at radius 3 is 2.41 bits per heavy atom. The predicted octanol–water partition coefficient (Wildman–Crippen LogP) is 2.35. The Labute approximate surface area is 100 Å². The van der Waals surface area contributed by atoms with Crippen molar-refractivity contribution < 1.29 is 9.47 Å². The molecule has 0 spiro atoms. The second kappa shape index (κ2) is 4.74. The summed E-state index contributed by atoms with van der Waals surface area (Å²) >= 11 is 0. The van der Waals surface area contributed by atoms with Gasteiger partial charge in [-0.3, -0.25) is 0 Å². The molecule has 0 atom stereocenters. The summed E-state index contributed by atoms with van der Waals surface area (Å²) in [6.07, 6.45) is 0. The van der Waals surface area contributed by atoms with Crippen molar-refractivity contribution in [3.05, 3.63) is 36.4 Å². The smallest absolute Gasteiger partial charge is 0.170 e. The molecule has 0 saturated heterocycles. The molecular weight excluding hydrogens is 216 g/mol. The molecule has 2 aromatic rings. The van der Waals surface area contributed by atoms with Crippen molar-refractivity contribution in [2.75, 3.05) is 20.0 Å². The zero-order valence-electron chi connectivity index (χ0n) is 9.81. The van der Waals surface area contributed by atoms with Gasteiger partial charge in [-0.2, -0.15) is 0 Å². The summed E-state index contributed by atoms with van der Waals surface area (Å²) in [6.45, 7) is 0. The first kappa shape index (κ1) is 11.3. The third-order valence-electron chi connectivity index (χ3n) is 2.45. The van der Waals surface area contributed by atoms with Crippen LogP contribution in [0.25, 0.3) is 11.3 Å². The first-order valence-electron chi connectivity index (χ1n) is 5.20. The topological polar surface area (TPSA) is 57.4 Å². The van der Waals surface area contributed by atoms with Gasteiger partial charge in [-0.15, -0.1) is 0 Å². The summed E-state index contributed by atoms with van der Waals surface area (Å²) in [5.74, 6) is 1.81. The monoisotopic (exact) mass is 230 g/mol. The van der Waals surface area contributed by atoms with Gasteiger partial charge in [-0.1, -0.05) is 12.1 Å². The molecule has 0 radical (unpaired) electrons. The van der Waals surface area contributed by atoms with Gasteiger partial charge < -0.3 is 15.2 Å². The van der Waals surface area contributed by atoms with E-state index in [0.29, 0.717) is 17.3 Å². The van der Waals surface area contributed by atoms with E-state index >= 15 is 0 Å². The summed E-state index contributed by atoms with van der Waals surface area (Å²) in [6, 6.07) is 11.1. The molecule has 1 aromatic carbocycles. The molecule has 0 fully saturated rings. The van der Waals surface area contributed by atoms with E-state index in [1.54, 1.807) is 20.3 Å². The van der Waals surface area contributed by atoms with Crippen LogP contribution >= 0.6 is 0 Å². The van der Waals surface area contributed by atoms with Crippen LogP contribution in [0.5, 0.6) is 11.5 Å². The van der Waals surface area contributed by atoms with Crippen LogP contribution < -0.4 is 15.2 Å². The highest BCUT2D eigenvalue weighted by molar-refractivity contribution is 5.71. The van der Waals surface area contributed by atoms with Crippen LogP contribution in [0.4, 0.5) is 5.82 Å². The van der Waals surface area contributed by atoms with E-state index in [1.165, 1.54) is 0 Å². The highest BCUT2D eigenvalue weighted by atomic mass is 16.5. The van der Waals surface area contributed by atoms with Crippen molar-refractivity contribution in [1.29, 1.82) is 0 Å². The quantitative estimate of drug-likeness (QED) is 0.879. The van der Waals surface area contributed by atoms with Gasteiger partial charge in [0.15, 0.2) is 11.5 Å². The van der Waals surface area contributed by atoms with Crippen molar-refractivity contribution in [2.24, 2.45) is 0 Å². The van der Waals surface area contributed by atoms with E-state index < -0.39 is 0 Å². The summed E-state index contributed by atoms with van der Waals surface area (Å²) in [5, 5.41) is 0. The van der Waals surface area contributed by atoms with Crippen LogP contribution in [0.3, 0.4) is 0 Å². The van der Waals surface area contributed by atoms with Crippen LogP contribution in [0, 0.1) is 0 Å². The van der Waals surface area contributed by atoms with Crippen molar-refractivity contribution in [1.82, 2.24) is 4.98 Å². The van der Waals surface area contributed by atoms with Crippen molar-refractivity contribution in [3.63, 3.8) is 0 Å². The van der Waals surface area contributed by atoms with Gasteiger partial charge in [0.05, 0.1) is 19.9 Å². The van der Waals surface area contributed by atoms with E-state index in [-0.39, 0.29) is 0 Å². The van der Waals surface area contributed by atoms with Crippen LogP contribution in [0.15, 0.2) is 36.4 Å². The minimum absolute atomic E-state index is 0.479. The largest absolute Gasteiger partial charge is 0.493 e. The van der Waals surface area contributed by atoms with Gasteiger partial charge >= 0.3 is 0 Å². The van der Waals surface area contributed by atoms with Gasteiger partial charge in [0.25, 0.3) is 0 Å². The summed E-state index contributed by atoms with van der Waals surface area (Å²) < 4.78 is 10.6. The minimum Gasteiger partial charge on any atom is -0.493 e. The van der Waals surface area contributed by atoms with Gasteiger partial charge in [-0.05, 0) is 24.3 Å². The van der Waals surface area contributed by atoms with Crippen LogP contribution in [0.1, 0.15) is 0 Å². The number of anilines is 1. The average molecular weight is 230 g/mol. The van der Waals surface area contributed by atoms with Gasteiger partial charge in [0.2, 0.25) is 0 Å². The third kappa shape index (κ3) is 2.15. The number of hydrogen-bond donors (Lipinski definition) is 1. The number of hydrogen-bond acceptors (Lipinski definition) is 4. The Balaban J connectivity index is 2.59. The number of pyridine rings is 1. The molecule has 0 aliphatic carbocycles. The number of aromatic nitrogens is 1. The Kier molecular flexibility index (Phi) is 3.14. The maximum atomic E-state index is 5.67. The first-order valence-corrected chi connectivity index (χ1v) is 5.20. The van der Waals surface area contributed by atoms with Crippen LogP contribution in [-0.2, 0) is 0 Å². The maximum absolute atomic E-state index is 5.67. The Morgan fingerprint density at radius 1 is 1.00 bits per heavy atom. The van der Waals surface area contributed by atoms with Crippen molar-refractivity contribution >= 4 is 5.82 Å². The lowest BCUT2D eigenvalue weighted by Crippen LogP contribution is -1.96. The number of nitrogen functional groups attached to an aromatic ring is 1. The van der Waals surface area contributed by atoms with E-state index in [0.717, 1.165) is 11.3 Å². The zero-order valence-corrected chi connectivity index (χ0v) is 9.81. The molecule has 2 N–H and O–H groups in total. The van der Waals surface area contributed by atoms with Crippen molar-refractivity contribution in [2.45, 2.75) is 0 Å². The Bertz CT molecular complexity index is 527. The van der Waals surface area contributed by atoms with E-state index in [9.17, 15) is 0 Å². The molecule has 0 aliphatic heterocycles. The lowest BCUT2D eigenvalue weighted by Gasteiger charge is -2.12. The van der Waals surface area contributed by atoms with E-state index in [4.69, 9.17) is 15.2 Å². The Morgan fingerprint density at radius 2 is 1.76 bits per heavy atom. The fraction of sp³-hybridized carbons (Fsp3) is 0.154. The maximum Gasteiger partial charge on any atom is 0.170 e. The molecule has 4 heteroatoms. The number of methoxy groups -OCH3 is 2. The van der Waals surface area contributed by atoms with Crippen molar-refractivity contribution in [3.8, 4) is 22.8 Å². The normalized spacial score (nSPS) is 10.0. The lowest BCUT2D eigenvalue weighted by atomic mass is 10.1. The molecule has 1 heterocycles. The van der Waals surface area contributed by atoms with E-state index in [1.807, 2.05) is 30.3 Å². The predicted molar refractivity (Wildman–Crippen MR) is 67.2 cm³/mol. The molecule has 1 aromatic heterocycles. The Hall–Kier alpha value is -2.23. The van der Waals surface area contributed by atoms with Gasteiger partial charge in [0.1, 0.15) is 5.82 Å². The van der Waals surface area contributed by atoms with Crippen LogP contribution in [0.2, 0.25) is 0 Å². The minimum atomic E-state index is 0.479. The van der Waals surface area contributed by atoms with E-state index in [2.05, 4.69) is 4.98 Å². The third-order valence-corrected chi connectivity index (χ3v) is 2.45. The number of nitrogens with two attached hydrogens (primary N) is 1. The summed E-state index contributed by atoms with van der Waals surface area (Å²) in [4.78, 5) is 4.27. The SMILES string of the molecule is COc1cccc(-c2cccc(N)n2)c1OC. The molecular formula is C13H14N2O2. The molecule has 17 heavy (non-hydrogen) atoms. The number of ether oxygens (including phenoxy) is 2. The fourth-order valence-corrected chi connectivity index (χ4v) is 1.69. The number of benzene rings is 1. The van der Waals surface area contributed by atoms with Crippen LogP contribution in [-0.4, -0.2) is 19.2 Å². The first-order chi connectivity index (χ1) is 8.26. The molecule has 0 amide bonds. The highest BCUT2D eigenvalue weighted by Gasteiger charge is 2.12. The second-order valence-corrected chi connectivity index (χ2v) is 3.49. The molecule has 2 rings (SSSR count). The zero-order chi connectivity index (χ0) is 12.3. The lowest BCUT2D eigenvalue weighted by molar-refractivity contribution is 0.356. The highest BCUT2D eigenvalue weighted by Crippen LogP contribution is 2.36. The molecule has 0 unspecified atom stereocenters. The summed E-state index contributed by atoms with van der Waals surface area (Å²) in [5.41, 5.74) is 7.30. The molecule has 0 saturated carbocycles. The van der Waals surface area contributed by atoms with Gasteiger partial charge in [-0.25, -0.2) is 4.98 Å². The standard InChI is InChI=1S/C13H14N2O2/c1-16-11-7-3-5-9(13(11)17-2)10-6-4-8-12(14)15-10/h3-8H,1-2H3,(H2,14,15). The number of rotatable bonds is 3. The summed E-state index contributed by atoms with van der Waals surface area (Å²) in [7, 11) is 3.21. The second-order valence-electron chi connectivity index (χ2n) is 3.49. The molecule has 0 bridgehead atoms. The fourth-order valence-electron chi connectivity index (χ4n) is 1.69. The molecule has 88 valence electrons. The number of nitrogens with zero attached hydrogens (tertiary/aromatic N) is 1. The molecule has 0 aliphatic rings. The molecule has 4 nitrogen and oxygen atoms in total. The number of para-hydroxylation sites is 1.